The van der Waals surface area contributed by atoms with Crippen LogP contribution in [0.4, 0.5) is 0 Å². The number of thiophene rings is 1. The van der Waals surface area contributed by atoms with E-state index in [9.17, 15) is 0 Å². The summed E-state index contributed by atoms with van der Waals surface area (Å²) in [6.07, 6.45) is 4.27. The summed E-state index contributed by atoms with van der Waals surface area (Å²) in [5.74, 6) is 0. The zero-order valence-electron chi connectivity index (χ0n) is 9.15. The predicted molar refractivity (Wildman–Crippen MR) is 82.0 cm³/mol. The average molecular weight is 382 g/mol. The van der Waals surface area contributed by atoms with Gasteiger partial charge in [0.1, 0.15) is 0 Å². The lowest BCUT2D eigenvalue weighted by Crippen LogP contribution is -2.13. The van der Waals surface area contributed by atoms with Gasteiger partial charge in [0, 0.05) is 17.0 Å². The molecule has 92 valence electrons. The highest BCUT2D eigenvalue weighted by molar-refractivity contribution is 14.1. The fourth-order valence-electron chi connectivity index (χ4n) is 2.24. The monoisotopic (exact) mass is 381 g/mol. The second-order valence-corrected chi connectivity index (χ2v) is 6.95. The van der Waals surface area contributed by atoms with Gasteiger partial charge in [0.15, 0.2) is 0 Å². The van der Waals surface area contributed by atoms with Crippen LogP contribution in [0.5, 0.6) is 0 Å². The number of fused-ring (bicyclic) bond motifs is 3. The lowest BCUT2D eigenvalue weighted by molar-refractivity contribution is 0.630. The molecule has 0 unspecified atom stereocenters. The molecular formula is C11H13ClIN3S. The van der Waals surface area contributed by atoms with Gasteiger partial charge in [-0.25, -0.2) is 0 Å². The van der Waals surface area contributed by atoms with Crippen LogP contribution >= 0.6 is 46.3 Å². The van der Waals surface area contributed by atoms with Gasteiger partial charge in [-0.15, -0.1) is 23.7 Å². The quantitative estimate of drug-likeness (QED) is 0.813. The van der Waals surface area contributed by atoms with E-state index in [2.05, 4.69) is 38.4 Å². The maximum Gasteiger partial charge on any atom is 0.0726 e. The maximum atomic E-state index is 5.62. The summed E-state index contributed by atoms with van der Waals surface area (Å²) in [7, 11) is 0. The predicted octanol–water partition coefficient (Wildman–Crippen LogP) is 2.70. The van der Waals surface area contributed by atoms with Crippen molar-refractivity contribution in [3.63, 3.8) is 0 Å². The number of aromatic nitrogens is 2. The molecule has 0 fully saturated rings. The highest BCUT2D eigenvalue weighted by Gasteiger charge is 2.22. The van der Waals surface area contributed by atoms with Crippen molar-refractivity contribution in [2.24, 2.45) is 5.73 Å². The average Bonchev–Trinajstić information content (AvgIpc) is 2.81. The first-order valence-corrected chi connectivity index (χ1v) is 7.22. The van der Waals surface area contributed by atoms with Crippen LogP contribution in [0, 0.1) is 2.88 Å². The molecule has 1 aliphatic carbocycles. The normalized spacial score (nSPS) is 12.8. The maximum absolute atomic E-state index is 5.62. The van der Waals surface area contributed by atoms with Crippen LogP contribution in [0.1, 0.15) is 10.4 Å². The molecule has 2 aromatic heterocycles. The van der Waals surface area contributed by atoms with Gasteiger partial charge >= 0.3 is 0 Å². The third-order valence-electron chi connectivity index (χ3n) is 2.91. The zero-order chi connectivity index (χ0) is 11.1. The van der Waals surface area contributed by atoms with Crippen LogP contribution in [0.2, 0.25) is 0 Å². The van der Waals surface area contributed by atoms with Crippen molar-refractivity contribution >= 4 is 46.3 Å². The van der Waals surface area contributed by atoms with E-state index in [-0.39, 0.29) is 12.4 Å². The first kappa shape index (κ1) is 13.3. The molecule has 2 heterocycles. The standard InChI is InChI=1S/C11H12IN3S.ClH/c12-10-5-8-9(16-10)2-1-7-6-14-15(4-3-13)11(7)8;/h5-6H,1-4,13H2;1H. The van der Waals surface area contributed by atoms with Gasteiger partial charge < -0.3 is 5.73 Å². The summed E-state index contributed by atoms with van der Waals surface area (Å²) in [6, 6.07) is 2.27. The van der Waals surface area contributed by atoms with Gasteiger partial charge in [-0.1, -0.05) is 0 Å². The van der Waals surface area contributed by atoms with Crippen molar-refractivity contribution in [2.45, 2.75) is 19.4 Å². The second kappa shape index (κ2) is 5.26. The van der Waals surface area contributed by atoms with Crippen molar-refractivity contribution in [3.05, 3.63) is 25.6 Å². The Labute approximate surface area is 124 Å². The number of nitrogens with zero attached hydrogens (tertiary/aromatic N) is 2. The van der Waals surface area contributed by atoms with Crippen molar-refractivity contribution in [2.75, 3.05) is 6.54 Å². The molecule has 0 spiro atoms. The van der Waals surface area contributed by atoms with Crippen molar-refractivity contribution < 1.29 is 0 Å². The Hall–Kier alpha value is -0.110. The largest absolute Gasteiger partial charge is 0.329 e. The Balaban J connectivity index is 0.00000108. The minimum atomic E-state index is 0. The van der Waals surface area contributed by atoms with Crippen LogP contribution in [0.25, 0.3) is 11.3 Å². The topological polar surface area (TPSA) is 43.8 Å². The zero-order valence-corrected chi connectivity index (χ0v) is 12.9. The lowest BCUT2D eigenvalue weighted by Gasteiger charge is -2.14. The minimum Gasteiger partial charge on any atom is -0.329 e. The molecule has 0 amide bonds. The molecule has 0 aromatic carbocycles. The molecule has 2 N–H and O–H groups in total. The Bertz CT molecular complexity index is 535. The summed E-state index contributed by atoms with van der Waals surface area (Å²) in [4.78, 5) is 1.50. The van der Waals surface area contributed by atoms with E-state index in [1.165, 1.54) is 24.6 Å². The van der Waals surface area contributed by atoms with E-state index in [0.717, 1.165) is 19.4 Å². The van der Waals surface area contributed by atoms with Crippen molar-refractivity contribution in [1.82, 2.24) is 9.78 Å². The number of aryl methyl sites for hydroxylation is 2. The Morgan fingerprint density at radius 1 is 1.47 bits per heavy atom. The molecule has 0 aliphatic heterocycles. The first-order chi connectivity index (χ1) is 7.79. The smallest absolute Gasteiger partial charge is 0.0726 e. The van der Waals surface area contributed by atoms with E-state index in [0.29, 0.717) is 6.54 Å². The summed E-state index contributed by atoms with van der Waals surface area (Å²) in [5.41, 5.74) is 9.66. The molecular weight excluding hydrogens is 369 g/mol. The molecule has 0 saturated carbocycles. The van der Waals surface area contributed by atoms with E-state index in [1.807, 2.05) is 17.5 Å². The lowest BCUT2D eigenvalue weighted by atomic mass is 9.97. The molecule has 17 heavy (non-hydrogen) atoms. The first-order valence-electron chi connectivity index (χ1n) is 5.33. The van der Waals surface area contributed by atoms with E-state index in [4.69, 9.17) is 5.73 Å². The third-order valence-corrected chi connectivity index (χ3v) is 4.87. The summed E-state index contributed by atoms with van der Waals surface area (Å²) >= 11 is 4.29. The SMILES string of the molecule is Cl.NCCn1ncc2c1-c1cc(I)sc1CC2. The van der Waals surface area contributed by atoms with E-state index in [1.54, 1.807) is 0 Å². The number of rotatable bonds is 2. The highest BCUT2D eigenvalue weighted by Crippen LogP contribution is 2.38. The van der Waals surface area contributed by atoms with E-state index >= 15 is 0 Å². The summed E-state index contributed by atoms with van der Waals surface area (Å²) in [5, 5.41) is 4.43. The summed E-state index contributed by atoms with van der Waals surface area (Å²) < 4.78 is 3.41. The number of hydrogen-bond donors (Lipinski definition) is 1. The van der Waals surface area contributed by atoms with Crippen LogP contribution in [0.3, 0.4) is 0 Å². The van der Waals surface area contributed by atoms with Gasteiger partial charge in [0.25, 0.3) is 0 Å². The molecule has 0 radical (unpaired) electrons. The van der Waals surface area contributed by atoms with Crippen LogP contribution in [-0.2, 0) is 19.4 Å². The molecule has 3 nitrogen and oxygen atoms in total. The fourth-order valence-corrected chi connectivity index (χ4v) is 4.23. The summed E-state index contributed by atoms with van der Waals surface area (Å²) in [6.45, 7) is 1.45. The number of hydrogen-bond acceptors (Lipinski definition) is 3. The Kier molecular flexibility index (Phi) is 4.12. The molecule has 0 saturated heterocycles. The number of halogens is 2. The van der Waals surface area contributed by atoms with Gasteiger partial charge in [0.05, 0.1) is 21.3 Å². The second-order valence-electron chi connectivity index (χ2n) is 3.92. The van der Waals surface area contributed by atoms with Crippen molar-refractivity contribution in [3.8, 4) is 11.3 Å². The van der Waals surface area contributed by atoms with E-state index < -0.39 is 0 Å². The van der Waals surface area contributed by atoms with Gasteiger partial charge in [-0.05, 0) is 47.1 Å². The number of nitrogens with two attached hydrogens (primary N) is 1. The van der Waals surface area contributed by atoms with Gasteiger partial charge in [0.2, 0.25) is 0 Å². The molecule has 3 rings (SSSR count). The molecule has 1 aliphatic rings. The van der Waals surface area contributed by atoms with Crippen LogP contribution < -0.4 is 5.73 Å². The minimum absolute atomic E-state index is 0. The Morgan fingerprint density at radius 2 is 2.29 bits per heavy atom. The fraction of sp³-hybridized carbons (Fsp3) is 0.364. The molecule has 0 bridgehead atoms. The van der Waals surface area contributed by atoms with Gasteiger partial charge in [-0.2, -0.15) is 5.10 Å². The highest BCUT2D eigenvalue weighted by atomic mass is 127. The van der Waals surface area contributed by atoms with Gasteiger partial charge in [-0.3, -0.25) is 4.68 Å². The Morgan fingerprint density at radius 3 is 3.06 bits per heavy atom. The van der Waals surface area contributed by atoms with Crippen LogP contribution in [0.15, 0.2) is 12.3 Å². The molecule has 2 aromatic rings. The van der Waals surface area contributed by atoms with Crippen LogP contribution in [-0.4, -0.2) is 16.3 Å². The van der Waals surface area contributed by atoms with Crippen molar-refractivity contribution in [1.29, 1.82) is 0 Å². The molecule has 0 atom stereocenters. The third kappa shape index (κ3) is 2.25. The molecule has 6 heteroatoms.